The third-order valence-electron chi connectivity index (χ3n) is 2.74. The van der Waals surface area contributed by atoms with Crippen LogP contribution in [0.4, 0.5) is 0 Å². The van der Waals surface area contributed by atoms with Crippen molar-refractivity contribution in [2.24, 2.45) is 0 Å². The van der Waals surface area contributed by atoms with E-state index in [0.29, 0.717) is 13.0 Å². The molecule has 5 heteroatoms. The van der Waals surface area contributed by atoms with Gasteiger partial charge in [-0.1, -0.05) is 0 Å². The van der Waals surface area contributed by atoms with Crippen molar-refractivity contribution >= 4 is 0 Å². The van der Waals surface area contributed by atoms with Crippen molar-refractivity contribution in [1.29, 1.82) is 0 Å². The smallest absolute Gasteiger partial charge is 0.227 e. The number of ether oxygens (including phenoxy) is 4. The summed E-state index contributed by atoms with van der Waals surface area (Å²) in [4.78, 5) is 0. The van der Waals surface area contributed by atoms with Gasteiger partial charge in [0, 0.05) is 6.42 Å². The van der Waals surface area contributed by atoms with E-state index in [0.717, 1.165) is 0 Å². The molecule has 1 N–H and O–H groups in total. The Labute approximate surface area is 75.5 Å². The van der Waals surface area contributed by atoms with Crippen LogP contribution < -0.4 is 0 Å². The fourth-order valence-electron chi connectivity index (χ4n) is 2.06. The lowest BCUT2D eigenvalue weighted by Crippen LogP contribution is -2.52. The minimum Gasteiger partial charge on any atom is -0.368 e. The molecule has 0 aromatic rings. The van der Waals surface area contributed by atoms with Crippen LogP contribution in [0.5, 0.6) is 0 Å². The van der Waals surface area contributed by atoms with Crippen molar-refractivity contribution in [2.75, 3.05) is 6.61 Å². The number of rotatable bonds is 0. The standard InChI is InChI=1S/C8H12O5/c1-4-10-3-6-8(12-4)5(13-8)2-7(9)11-6/h4-7,9H,2-3H2,1H3/t4-,5?,6?,7?,8?/m1/s1. The van der Waals surface area contributed by atoms with Crippen molar-refractivity contribution < 1.29 is 24.1 Å². The molecule has 74 valence electrons. The second-order valence-corrected chi connectivity index (χ2v) is 3.66. The van der Waals surface area contributed by atoms with Gasteiger partial charge in [0.1, 0.15) is 12.2 Å². The molecule has 3 saturated heterocycles. The van der Waals surface area contributed by atoms with E-state index in [-0.39, 0.29) is 18.5 Å². The Morgan fingerprint density at radius 1 is 1.31 bits per heavy atom. The normalized spacial score (nSPS) is 59.5. The summed E-state index contributed by atoms with van der Waals surface area (Å²) in [6.45, 7) is 2.25. The maximum absolute atomic E-state index is 9.29. The molecule has 3 fully saturated rings. The van der Waals surface area contributed by atoms with Crippen LogP contribution in [0.2, 0.25) is 0 Å². The molecule has 3 heterocycles. The zero-order valence-corrected chi connectivity index (χ0v) is 7.30. The first kappa shape index (κ1) is 8.14. The van der Waals surface area contributed by atoms with E-state index in [1.54, 1.807) is 0 Å². The predicted molar refractivity (Wildman–Crippen MR) is 39.6 cm³/mol. The third-order valence-corrected chi connectivity index (χ3v) is 2.74. The Morgan fingerprint density at radius 3 is 3.00 bits per heavy atom. The summed E-state index contributed by atoms with van der Waals surface area (Å²) in [5, 5.41) is 9.29. The fraction of sp³-hybridized carbons (Fsp3) is 1.00. The molecule has 4 unspecified atom stereocenters. The van der Waals surface area contributed by atoms with Crippen LogP contribution in [-0.2, 0) is 18.9 Å². The van der Waals surface area contributed by atoms with Crippen molar-refractivity contribution in [1.82, 2.24) is 0 Å². The highest BCUT2D eigenvalue weighted by atomic mass is 16.9. The highest BCUT2D eigenvalue weighted by Gasteiger charge is 2.69. The summed E-state index contributed by atoms with van der Waals surface area (Å²) in [5.74, 6) is -0.614. The van der Waals surface area contributed by atoms with Gasteiger partial charge in [-0.15, -0.1) is 0 Å². The average Bonchev–Trinajstić information content (AvgIpc) is 2.73. The molecule has 13 heavy (non-hydrogen) atoms. The van der Waals surface area contributed by atoms with Gasteiger partial charge in [0.15, 0.2) is 12.6 Å². The Balaban J connectivity index is 1.81. The molecule has 0 aliphatic carbocycles. The van der Waals surface area contributed by atoms with Crippen LogP contribution in [0.15, 0.2) is 0 Å². The van der Waals surface area contributed by atoms with Gasteiger partial charge in [-0.2, -0.15) is 0 Å². The Hall–Kier alpha value is -0.200. The maximum atomic E-state index is 9.29. The summed E-state index contributed by atoms with van der Waals surface area (Å²) in [5.41, 5.74) is 0. The minimum atomic E-state index is -0.744. The first-order valence-corrected chi connectivity index (χ1v) is 4.51. The second-order valence-electron chi connectivity index (χ2n) is 3.66. The zero-order valence-electron chi connectivity index (χ0n) is 7.30. The first-order chi connectivity index (χ1) is 6.21. The van der Waals surface area contributed by atoms with Crippen molar-refractivity contribution in [3.63, 3.8) is 0 Å². The SMILES string of the molecule is C[C@@H]1OCC2OC(O)CC3OC23O1. The molecular weight excluding hydrogens is 176 g/mol. The Morgan fingerprint density at radius 2 is 2.15 bits per heavy atom. The molecule has 5 nitrogen and oxygen atoms in total. The van der Waals surface area contributed by atoms with Gasteiger partial charge < -0.3 is 24.1 Å². The van der Waals surface area contributed by atoms with E-state index in [1.165, 1.54) is 0 Å². The molecule has 0 aromatic carbocycles. The number of hydrogen-bond acceptors (Lipinski definition) is 5. The predicted octanol–water partition coefficient (Wildman–Crippen LogP) is -0.418. The van der Waals surface area contributed by atoms with E-state index < -0.39 is 12.1 Å². The quantitative estimate of drug-likeness (QED) is 0.523. The summed E-state index contributed by atoms with van der Waals surface area (Å²) in [7, 11) is 0. The topological polar surface area (TPSA) is 60.5 Å². The molecular formula is C8H12O5. The summed E-state index contributed by atoms with van der Waals surface area (Å²) >= 11 is 0. The monoisotopic (exact) mass is 188 g/mol. The van der Waals surface area contributed by atoms with E-state index in [4.69, 9.17) is 18.9 Å². The van der Waals surface area contributed by atoms with Gasteiger partial charge in [-0.25, -0.2) is 0 Å². The fourth-order valence-corrected chi connectivity index (χ4v) is 2.06. The molecule has 0 radical (unpaired) electrons. The van der Waals surface area contributed by atoms with Gasteiger partial charge >= 0.3 is 0 Å². The van der Waals surface area contributed by atoms with Gasteiger partial charge in [0.05, 0.1) is 6.61 Å². The molecule has 3 aliphatic rings. The van der Waals surface area contributed by atoms with E-state index in [2.05, 4.69) is 0 Å². The van der Waals surface area contributed by atoms with Crippen LogP contribution in [0.25, 0.3) is 0 Å². The molecule has 0 bridgehead atoms. The van der Waals surface area contributed by atoms with E-state index in [9.17, 15) is 5.11 Å². The van der Waals surface area contributed by atoms with E-state index >= 15 is 0 Å². The molecule has 0 saturated carbocycles. The van der Waals surface area contributed by atoms with Crippen molar-refractivity contribution in [3.8, 4) is 0 Å². The number of epoxide rings is 1. The molecule has 0 amide bonds. The number of aliphatic hydroxyl groups is 1. The van der Waals surface area contributed by atoms with Crippen LogP contribution in [-0.4, -0.2) is 42.3 Å². The number of hydrogen-bond donors (Lipinski definition) is 1. The largest absolute Gasteiger partial charge is 0.368 e. The Kier molecular flexibility index (Phi) is 1.52. The van der Waals surface area contributed by atoms with E-state index in [1.807, 2.05) is 6.92 Å². The summed E-state index contributed by atoms with van der Waals surface area (Å²) in [6.07, 6.45) is -0.806. The second kappa shape index (κ2) is 2.43. The van der Waals surface area contributed by atoms with Gasteiger partial charge in [0.25, 0.3) is 0 Å². The minimum absolute atomic E-state index is 0.0207. The van der Waals surface area contributed by atoms with Crippen LogP contribution >= 0.6 is 0 Å². The summed E-state index contributed by atoms with van der Waals surface area (Å²) < 4.78 is 21.5. The lowest BCUT2D eigenvalue weighted by Gasteiger charge is -2.36. The molecule has 0 aromatic heterocycles. The first-order valence-electron chi connectivity index (χ1n) is 4.51. The van der Waals surface area contributed by atoms with Gasteiger partial charge in [0.2, 0.25) is 5.79 Å². The molecule has 3 rings (SSSR count). The highest BCUT2D eigenvalue weighted by Crippen LogP contribution is 2.50. The van der Waals surface area contributed by atoms with Crippen LogP contribution in [0.3, 0.4) is 0 Å². The molecule has 5 atom stereocenters. The lowest BCUT2D eigenvalue weighted by molar-refractivity contribution is -0.323. The average molecular weight is 188 g/mol. The molecule has 1 spiro atoms. The van der Waals surface area contributed by atoms with Gasteiger partial charge in [-0.3, -0.25) is 0 Å². The van der Waals surface area contributed by atoms with Crippen molar-refractivity contribution in [2.45, 2.75) is 43.9 Å². The molecule has 3 aliphatic heterocycles. The Bertz CT molecular complexity index is 233. The highest BCUT2D eigenvalue weighted by molar-refractivity contribution is 5.05. The zero-order chi connectivity index (χ0) is 9.05. The maximum Gasteiger partial charge on any atom is 0.227 e. The number of aliphatic hydroxyl groups excluding tert-OH is 1. The summed E-state index contributed by atoms with van der Waals surface area (Å²) in [6, 6.07) is 0. The van der Waals surface area contributed by atoms with Crippen molar-refractivity contribution in [3.05, 3.63) is 0 Å². The van der Waals surface area contributed by atoms with Crippen LogP contribution in [0.1, 0.15) is 13.3 Å². The lowest BCUT2D eigenvalue weighted by atomic mass is 10.0. The third kappa shape index (κ3) is 1.05. The van der Waals surface area contributed by atoms with Gasteiger partial charge in [-0.05, 0) is 6.92 Å². The van der Waals surface area contributed by atoms with Crippen LogP contribution in [0, 0.1) is 0 Å².